The monoisotopic (exact) mass is 395 g/mol. The number of benzene rings is 1. The highest BCUT2D eigenvalue weighted by molar-refractivity contribution is 6.32. The first-order valence-corrected chi connectivity index (χ1v) is 8.01. The lowest BCUT2D eigenvalue weighted by Crippen LogP contribution is -2.19. The van der Waals surface area contributed by atoms with Gasteiger partial charge in [0.1, 0.15) is 5.69 Å². The summed E-state index contributed by atoms with van der Waals surface area (Å²) in [5.41, 5.74) is 5.45. The molecule has 0 unspecified atom stereocenters. The third kappa shape index (κ3) is 3.72. The molecule has 0 bridgehead atoms. The van der Waals surface area contributed by atoms with Crippen LogP contribution in [-0.2, 0) is 6.18 Å². The molecule has 140 valence electrons. The number of rotatable bonds is 3. The Labute approximate surface area is 156 Å². The lowest BCUT2D eigenvalue weighted by molar-refractivity contribution is -0.141. The molecule has 0 saturated carbocycles. The highest BCUT2D eigenvalue weighted by atomic mass is 35.5. The van der Waals surface area contributed by atoms with E-state index in [0.29, 0.717) is 17.3 Å². The van der Waals surface area contributed by atoms with Crippen molar-refractivity contribution in [1.82, 2.24) is 14.8 Å². The van der Waals surface area contributed by atoms with E-state index in [0.717, 1.165) is 4.68 Å². The number of alkyl halides is 3. The van der Waals surface area contributed by atoms with Crippen molar-refractivity contribution in [1.29, 1.82) is 0 Å². The normalized spacial score (nSPS) is 11.4. The Balaban J connectivity index is 2.10. The summed E-state index contributed by atoms with van der Waals surface area (Å²) in [6, 6.07) is 8.54. The number of amides is 1. The molecule has 0 saturated heterocycles. The molecule has 6 nitrogen and oxygen atoms in total. The fourth-order valence-corrected chi connectivity index (χ4v) is 2.62. The molecule has 10 heteroatoms. The molecule has 1 aromatic carbocycles. The maximum Gasteiger partial charge on any atom is 0.435 e. The molecule has 2 heterocycles. The topological polar surface area (TPSA) is 85.8 Å². The molecule has 0 fully saturated rings. The quantitative estimate of drug-likeness (QED) is 0.654. The first-order valence-electron chi connectivity index (χ1n) is 7.63. The van der Waals surface area contributed by atoms with Crippen molar-refractivity contribution in [2.24, 2.45) is 0 Å². The fraction of sp³-hybridized carbons (Fsp3) is 0.118. The van der Waals surface area contributed by atoms with Crippen LogP contribution >= 0.6 is 11.6 Å². The molecular formula is C17H13ClF3N5O. The largest absolute Gasteiger partial charge is 0.435 e. The number of hydrogen-bond donors (Lipinski definition) is 2. The zero-order valence-corrected chi connectivity index (χ0v) is 14.6. The number of para-hydroxylation sites is 1. The van der Waals surface area contributed by atoms with Crippen LogP contribution in [0, 0.1) is 6.92 Å². The van der Waals surface area contributed by atoms with Gasteiger partial charge in [-0.05, 0) is 30.7 Å². The number of nitrogens with one attached hydrogen (secondary N) is 1. The SMILES string of the molecule is Cc1cccc(N)c1NC(=O)c1cc(C(F)(F)F)nn1-c1ncccc1Cl. The van der Waals surface area contributed by atoms with Crippen molar-refractivity contribution in [2.75, 3.05) is 11.1 Å². The summed E-state index contributed by atoms with van der Waals surface area (Å²) >= 11 is 6.01. The van der Waals surface area contributed by atoms with Crippen LogP contribution in [-0.4, -0.2) is 20.7 Å². The Morgan fingerprint density at radius 1 is 1.26 bits per heavy atom. The first kappa shape index (κ1) is 18.7. The summed E-state index contributed by atoms with van der Waals surface area (Å²) in [6.45, 7) is 1.71. The average molecular weight is 396 g/mol. The van der Waals surface area contributed by atoms with Crippen molar-refractivity contribution in [3.8, 4) is 5.82 Å². The number of aryl methyl sites for hydroxylation is 1. The summed E-state index contributed by atoms with van der Waals surface area (Å²) in [6.07, 6.45) is -3.42. The number of carbonyl (C=O) groups is 1. The van der Waals surface area contributed by atoms with Gasteiger partial charge < -0.3 is 11.1 Å². The van der Waals surface area contributed by atoms with E-state index < -0.39 is 17.8 Å². The number of nitrogens with two attached hydrogens (primary N) is 1. The predicted molar refractivity (Wildman–Crippen MR) is 94.9 cm³/mol. The van der Waals surface area contributed by atoms with E-state index >= 15 is 0 Å². The number of aromatic nitrogens is 3. The molecule has 3 aromatic rings. The van der Waals surface area contributed by atoms with Gasteiger partial charge in [-0.25, -0.2) is 9.67 Å². The van der Waals surface area contributed by atoms with Gasteiger partial charge in [-0.3, -0.25) is 4.79 Å². The van der Waals surface area contributed by atoms with E-state index in [4.69, 9.17) is 17.3 Å². The van der Waals surface area contributed by atoms with Crippen LogP contribution in [0.3, 0.4) is 0 Å². The first-order chi connectivity index (χ1) is 12.7. The van der Waals surface area contributed by atoms with E-state index in [-0.39, 0.29) is 22.2 Å². The minimum atomic E-state index is -4.75. The Morgan fingerprint density at radius 3 is 2.63 bits per heavy atom. The minimum absolute atomic E-state index is 0.0405. The number of nitrogen functional groups attached to an aromatic ring is 1. The highest BCUT2D eigenvalue weighted by Gasteiger charge is 2.36. The summed E-state index contributed by atoms with van der Waals surface area (Å²) in [7, 11) is 0. The van der Waals surface area contributed by atoms with E-state index in [9.17, 15) is 18.0 Å². The third-order valence-corrected chi connectivity index (χ3v) is 4.01. The summed E-state index contributed by atoms with van der Waals surface area (Å²) in [4.78, 5) is 16.6. The van der Waals surface area contributed by atoms with Crippen LogP contribution in [0.2, 0.25) is 5.02 Å². The van der Waals surface area contributed by atoms with Crippen molar-refractivity contribution < 1.29 is 18.0 Å². The number of hydrogen-bond acceptors (Lipinski definition) is 4. The second-order valence-electron chi connectivity index (χ2n) is 5.63. The number of anilines is 2. The Bertz CT molecular complexity index is 996. The van der Waals surface area contributed by atoms with Crippen LogP contribution in [0.1, 0.15) is 21.7 Å². The molecule has 3 N–H and O–H groups in total. The van der Waals surface area contributed by atoms with Crippen molar-refractivity contribution in [2.45, 2.75) is 13.1 Å². The number of halogens is 4. The molecule has 1 amide bonds. The second-order valence-corrected chi connectivity index (χ2v) is 6.03. The van der Waals surface area contributed by atoms with Crippen LogP contribution in [0.4, 0.5) is 24.5 Å². The third-order valence-electron chi connectivity index (χ3n) is 3.72. The molecule has 27 heavy (non-hydrogen) atoms. The maximum atomic E-state index is 13.1. The lowest BCUT2D eigenvalue weighted by Gasteiger charge is -2.12. The van der Waals surface area contributed by atoms with Crippen molar-refractivity contribution >= 4 is 28.9 Å². The average Bonchev–Trinajstić information content (AvgIpc) is 3.04. The van der Waals surface area contributed by atoms with Gasteiger partial charge in [0, 0.05) is 12.3 Å². The summed E-state index contributed by atoms with van der Waals surface area (Å²) < 4.78 is 40.2. The lowest BCUT2D eigenvalue weighted by atomic mass is 10.1. The van der Waals surface area contributed by atoms with Gasteiger partial charge >= 0.3 is 6.18 Å². The molecule has 0 aliphatic heterocycles. The zero-order chi connectivity index (χ0) is 19.8. The number of carbonyl (C=O) groups excluding carboxylic acids is 1. The van der Waals surface area contributed by atoms with Gasteiger partial charge in [0.2, 0.25) is 0 Å². The van der Waals surface area contributed by atoms with Gasteiger partial charge in [0.15, 0.2) is 11.5 Å². The van der Waals surface area contributed by atoms with E-state index in [1.54, 1.807) is 25.1 Å². The number of nitrogens with zero attached hydrogens (tertiary/aromatic N) is 3. The highest BCUT2D eigenvalue weighted by Crippen LogP contribution is 2.31. The van der Waals surface area contributed by atoms with E-state index in [1.165, 1.54) is 18.3 Å². The molecule has 0 aliphatic carbocycles. The number of pyridine rings is 1. The molecular weight excluding hydrogens is 383 g/mol. The fourth-order valence-electron chi connectivity index (χ4n) is 2.41. The molecule has 2 aromatic heterocycles. The van der Waals surface area contributed by atoms with Gasteiger partial charge in [-0.1, -0.05) is 23.7 Å². The van der Waals surface area contributed by atoms with E-state index in [2.05, 4.69) is 15.4 Å². The molecule has 0 atom stereocenters. The summed E-state index contributed by atoms with van der Waals surface area (Å²) in [5.74, 6) is -0.932. The Morgan fingerprint density at radius 2 is 2.00 bits per heavy atom. The van der Waals surface area contributed by atoms with Crippen molar-refractivity contribution in [3.63, 3.8) is 0 Å². The predicted octanol–water partition coefficient (Wildman–Crippen LogP) is 4.08. The Hall–Kier alpha value is -3.07. The molecule has 3 rings (SSSR count). The smallest absolute Gasteiger partial charge is 0.397 e. The molecule has 0 spiro atoms. The zero-order valence-electron chi connectivity index (χ0n) is 13.9. The van der Waals surface area contributed by atoms with E-state index in [1.807, 2.05) is 0 Å². The maximum absolute atomic E-state index is 13.1. The van der Waals surface area contributed by atoms with Gasteiger partial charge in [0.05, 0.1) is 16.4 Å². The van der Waals surface area contributed by atoms with Gasteiger partial charge in [-0.15, -0.1) is 0 Å². The molecule has 0 aliphatic rings. The van der Waals surface area contributed by atoms with Crippen LogP contribution in [0.5, 0.6) is 0 Å². The van der Waals surface area contributed by atoms with Crippen LogP contribution < -0.4 is 11.1 Å². The summed E-state index contributed by atoms with van der Waals surface area (Å²) in [5, 5.41) is 6.04. The van der Waals surface area contributed by atoms with Crippen molar-refractivity contribution in [3.05, 3.63) is 64.6 Å². The van der Waals surface area contributed by atoms with Gasteiger partial charge in [-0.2, -0.15) is 18.3 Å². The standard InChI is InChI=1S/C17H13ClF3N5O/c1-9-4-2-6-11(22)14(9)24-16(27)12-8-13(17(19,20)21)25-26(12)15-10(18)5-3-7-23-15/h2-8H,22H2,1H3,(H,24,27). The van der Waals surface area contributed by atoms with Crippen LogP contribution in [0.15, 0.2) is 42.6 Å². The Kier molecular flexibility index (Phi) is 4.79. The molecule has 0 radical (unpaired) electrons. The second kappa shape index (κ2) is 6.92. The van der Waals surface area contributed by atoms with Gasteiger partial charge in [0.25, 0.3) is 5.91 Å². The van der Waals surface area contributed by atoms with Crippen LogP contribution in [0.25, 0.3) is 5.82 Å². The minimum Gasteiger partial charge on any atom is -0.397 e.